The van der Waals surface area contributed by atoms with Gasteiger partial charge in [0.05, 0.1) is 17.6 Å². The van der Waals surface area contributed by atoms with Gasteiger partial charge in [-0.05, 0) is 29.8 Å². The Hall–Kier alpha value is -2.14. The Morgan fingerprint density at radius 1 is 1.22 bits per heavy atom. The fourth-order valence-corrected chi connectivity index (χ4v) is 3.00. The van der Waals surface area contributed by atoms with Crippen LogP contribution in [0, 0.1) is 0 Å². The highest BCUT2D eigenvalue weighted by Gasteiger charge is 2.11. The summed E-state index contributed by atoms with van der Waals surface area (Å²) in [6.45, 7) is 3.01. The summed E-state index contributed by atoms with van der Waals surface area (Å²) in [7, 11) is 0. The van der Waals surface area contributed by atoms with Crippen LogP contribution in [0.3, 0.4) is 0 Å². The lowest BCUT2D eigenvalue weighted by Crippen LogP contribution is -2.23. The molecular formula is C18H18BrN3O. The minimum absolute atomic E-state index is 0.0334. The van der Waals surface area contributed by atoms with Gasteiger partial charge in [0.1, 0.15) is 5.82 Å². The van der Waals surface area contributed by atoms with Crippen molar-refractivity contribution in [3.63, 3.8) is 0 Å². The largest absolute Gasteiger partial charge is 0.349 e. The molecule has 23 heavy (non-hydrogen) atoms. The van der Waals surface area contributed by atoms with E-state index in [2.05, 4.69) is 49.0 Å². The van der Waals surface area contributed by atoms with Gasteiger partial charge >= 0.3 is 0 Å². The third kappa shape index (κ3) is 3.62. The van der Waals surface area contributed by atoms with Crippen molar-refractivity contribution in [3.05, 3.63) is 64.4 Å². The summed E-state index contributed by atoms with van der Waals surface area (Å²) in [4.78, 5) is 16.2. The van der Waals surface area contributed by atoms with Gasteiger partial charge < -0.3 is 9.88 Å². The molecule has 1 N–H and O–H groups in total. The molecule has 1 heterocycles. The molecule has 0 aliphatic heterocycles. The predicted octanol–water partition coefficient (Wildman–Crippen LogP) is 3.87. The minimum Gasteiger partial charge on any atom is -0.349 e. The van der Waals surface area contributed by atoms with Gasteiger partial charge in [0.15, 0.2) is 0 Å². The molecule has 0 saturated carbocycles. The maximum atomic E-state index is 11.6. The van der Waals surface area contributed by atoms with Crippen molar-refractivity contribution in [1.29, 1.82) is 0 Å². The molecule has 0 fully saturated rings. The van der Waals surface area contributed by atoms with Crippen LogP contribution in [0.25, 0.3) is 11.0 Å². The Morgan fingerprint density at radius 2 is 2.04 bits per heavy atom. The van der Waals surface area contributed by atoms with Crippen molar-refractivity contribution in [2.75, 3.05) is 0 Å². The van der Waals surface area contributed by atoms with Gasteiger partial charge in [-0.25, -0.2) is 4.98 Å². The molecule has 1 aromatic heterocycles. The predicted molar refractivity (Wildman–Crippen MR) is 95.1 cm³/mol. The quantitative estimate of drug-likeness (QED) is 0.739. The third-order valence-electron chi connectivity index (χ3n) is 3.73. The van der Waals surface area contributed by atoms with Crippen LogP contribution >= 0.6 is 15.9 Å². The molecule has 2 aromatic carbocycles. The number of nitrogens with zero attached hydrogens (tertiary/aromatic N) is 2. The van der Waals surface area contributed by atoms with E-state index in [0.29, 0.717) is 13.0 Å². The average molecular weight is 372 g/mol. The number of imidazole rings is 1. The topological polar surface area (TPSA) is 46.9 Å². The van der Waals surface area contributed by atoms with Gasteiger partial charge in [-0.2, -0.15) is 0 Å². The van der Waals surface area contributed by atoms with Gasteiger partial charge in [0.25, 0.3) is 0 Å². The summed E-state index contributed by atoms with van der Waals surface area (Å²) in [6.07, 6.45) is 0.478. The standard InChI is InChI=1S/C18H18BrN3O/c1-2-18(23)20-11-17-21-15-8-3-4-9-16(15)22(17)12-13-6-5-7-14(19)10-13/h3-10H,2,11-12H2,1H3,(H,20,23). The van der Waals surface area contributed by atoms with Crippen LogP contribution in [0.1, 0.15) is 24.7 Å². The Kier molecular flexibility index (Phi) is 4.76. The second-order valence-electron chi connectivity index (χ2n) is 5.36. The molecule has 1 amide bonds. The zero-order valence-electron chi connectivity index (χ0n) is 12.9. The maximum Gasteiger partial charge on any atom is 0.220 e. The lowest BCUT2D eigenvalue weighted by atomic mass is 10.2. The number of hydrogen-bond donors (Lipinski definition) is 1. The summed E-state index contributed by atoms with van der Waals surface area (Å²) >= 11 is 3.51. The molecule has 0 bridgehead atoms. The number of carbonyl (C=O) groups excluding carboxylic acids is 1. The average Bonchev–Trinajstić information content (AvgIpc) is 2.90. The van der Waals surface area contributed by atoms with Crippen LogP contribution in [0.4, 0.5) is 0 Å². The highest BCUT2D eigenvalue weighted by atomic mass is 79.9. The van der Waals surface area contributed by atoms with Crippen LogP contribution in [-0.2, 0) is 17.9 Å². The van der Waals surface area contributed by atoms with Gasteiger partial charge in [-0.1, -0.05) is 47.1 Å². The van der Waals surface area contributed by atoms with E-state index < -0.39 is 0 Å². The molecule has 4 nitrogen and oxygen atoms in total. The number of halogens is 1. The number of rotatable bonds is 5. The van der Waals surface area contributed by atoms with Crippen LogP contribution in [0.15, 0.2) is 53.0 Å². The lowest BCUT2D eigenvalue weighted by molar-refractivity contribution is -0.120. The Balaban J connectivity index is 1.97. The highest BCUT2D eigenvalue weighted by Crippen LogP contribution is 2.19. The molecule has 0 spiro atoms. The highest BCUT2D eigenvalue weighted by molar-refractivity contribution is 9.10. The normalized spacial score (nSPS) is 10.9. The molecular weight excluding hydrogens is 354 g/mol. The summed E-state index contributed by atoms with van der Waals surface area (Å²) < 4.78 is 3.22. The molecule has 0 unspecified atom stereocenters. The molecule has 0 radical (unpaired) electrons. The van der Waals surface area contributed by atoms with E-state index >= 15 is 0 Å². The van der Waals surface area contributed by atoms with Crippen LogP contribution in [0.2, 0.25) is 0 Å². The van der Waals surface area contributed by atoms with E-state index in [0.717, 1.165) is 27.9 Å². The van der Waals surface area contributed by atoms with E-state index in [1.807, 2.05) is 37.3 Å². The first-order chi connectivity index (χ1) is 11.2. The van der Waals surface area contributed by atoms with E-state index in [9.17, 15) is 4.79 Å². The van der Waals surface area contributed by atoms with Gasteiger partial charge in [-0.3, -0.25) is 4.79 Å². The van der Waals surface area contributed by atoms with Crippen molar-refractivity contribution in [2.45, 2.75) is 26.4 Å². The number of aromatic nitrogens is 2. The SMILES string of the molecule is CCC(=O)NCc1nc2ccccc2n1Cc1cccc(Br)c1. The fourth-order valence-electron chi connectivity index (χ4n) is 2.56. The summed E-state index contributed by atoms with van der Waals surface area (Å²) in [5, 5.41) is 2.92. The summed E-state index contributed by atoms with van der Waals surface area (Å²) in [5.41, 5.74) is 3.21. The Morgan fingerprint density at radius 3 is 2.83 bits per heavy atom. The number of carbonyl (C=O) groups is 1. The molecule has 0 atom stereocenters. The van der Waals surface area contributed by atoms with Crippen molar-refractivity contribution in [2.24, 2.45) is 0 Å². The first kappa shape index (κ1) is 15.7. The van der Waals surface area contributed by atoms with Crippen LogP contribution < -0.4 is 5.32 Å². The van der Waals surface area contributed by atoms with Crippen molar-refractivity contribution in [1.82, 2.24) is 14.9 Å². The lowest BCUT2D eigenvalue weighted by Gasteiger charge is -2.10. The second-order valence-corrected chi connectivity index (χ2v) is 6.28. The molecule has 0 aliphatic rings. The van der Waals surface area contributed by atoms with E-state index in [-0.39, 0.29) is 5.91 Å². The number of benzene rings is 2. The van der Waals surface area contributed by atoms with E-state index in [1.165, 1.54) is 5.56 Å². The fraction of sp³-hybridized carbons (Fsp3) is 0.222. The zero-order valence-corrected chi connectivity index (χ0v) is 14.5. The molecule has 5 heteroatoms. The number of para-hydroxylation sites is 2. The number of nitrogens with one attached hydrogen (secondary N) is 1. The molecule has 3 aromatic rings. The van der Waals surface area contributed by atoms with Crippen LogP contribution in [0.5, 0.6) is 0 Å². The van der Waals surface area contributed by atoms with Crippen molar-refractivity contribution < 1.29 is 4.79 Å². The summed E-state index contributed by atoms with van der Waals surface area (Å²) in [5.74, 6) is 0.902. The molecule has 0 saturated heterocycles. The van der Waals surface area contributed by atoms with Crippen molar-refractivity contribution >= 4 is 32.9 Å². The van der Waals surface area contributed by atoms with E-state index in [4.69, 9.17) is 0 Å². The number of hydrogen-bond acceptors (Lipinski definition) is 2. The van der Waals surface area contributed by atoms with Crippen LogP contribution in [-0.4, -0.2) is 15.5 Å². The van der Waals surface area contributed by atoms with Crippen molar-refractivity contribution in [3.8, 4) is 0 Å². The first-order valence-electron chi connectivity index (χ1n) is 7.62. The Bertz CT molecular complexity index is 841. The van der Waals surface area contributed by atoms with Gasteiger partial charge in [-0.15, -0.1) is 0 Å². The smallest absolute Gasteiger partial charge is 0.220 e. The number of amides is 1. The van der Waals surface area contributed by atoms with Gasteiger partial charge in [0.2, 0.25) is 5.91 Å². The molecule has 118 valence electrons. The monoisotopic (exact) mass is 371 g/mol. The first-order valence-corrected chi connectivity index (χ1v) is 8.42. The Labute approximate surface area is 143 Å². The van der Waals surface area contributed by atoms with E-state index in [1.54, 1.807) is 0 Å². The molecule has 0 aliphatic carbocycles. The zero-order chi connectivity index (χ0) is 16.2. The third-order valence-corrected chi connectivity index (χ3v) is 4.22. The van der Waals surface area contributed by atoms with Gasteiger partial charge in [0, 0.05) is 17.4 Å². The minimum atomic E-state index is 0.0334. The number of fused-ring (bicyclic) bond motifs is 1. The maximum absolute atomic E-state index is 11.6. The molecule has 3 rings (SSSR count). The second kappa shape index (κ2) is 6.96. The summed E-state index contributed by atoms with van der Waals surface area (Å²) in [6, 6.07) is 16.3.